The zero-order valence-electron chi connectivity index (χ0n) is 14.1. The summed E-state index contributed by atoms with van der Waals surface area (Å²) in [7, 11) is 0. The number of aryl methyl sites for hydroxylation is 1. The van der Waals surface area contributed by atoms with E-state index in [1.807, 2.05) is 76.2 Å². The van der Waals surface area contributed by atoms with Gasteiger partial charge in [-0.05, 0) is 57.5 Å². The van der Waals surface area contributed by atoms with Crippen molar-refractivity contribution in [2.75, 3.05) is 11.4 Å². The second-order valence-corrected chi connectivity index (χ2v) is 7.06. The Morgan fingerprint density at radius 3 is 2.39 bits per heavy atom. The van der Waals surface area contributed by atoms with Crippen LogP contribution in [0.2, 0.25) is 0 Å². The number of hydrogen-bond acceptors (Lipinski definition) is 1. The van der Waals surface area contributed by atoms with E-state index >= 15 is 0 Å². The zero-order valence-corrected chi connectivity index (χ0v) is 15.6. The first-order valence-corrected chi connectivity index (χ1v) is 8.55. The van der Waals surface area contributed by atoms with Crippen LogP contribution in [-0.2, 0) is 5.54 Å². The smallest absolute Gasteiger partial charge is 0.322 e. The summed E-state index contributed by atoms with van der Waals surface area (Å²) in [5.41, 5.74) is 2.68. The summed E-state index contributed by atoms with van der Waals surface area (Å²) < 4.78 is 1.00. The molecule has 3 nitrogen and oxygen atoms in total. The molecule has 1 N–H and O–H groups in total. The van der Waals surface area contributed by atoms with Crippen molar-refractivity contribution >= 4 is 27.6 Å². The van der Waals surface area contributed by atoms with Crippen molar-refractivity contribution < 1.29 is 4.79 Å². The largest absolute Gasteiger partial charge is 0.329 e. The number of benzene rings is 2. The minimum absolute atomic E-state index is 0.0960. The van der Waals surface area contributed by atoms with Gasteiger partial charge >= 0.3 is 6.03 Å². The van der Waals surface area contributed by atoms with Crippen molar-refractivity contribution in [3.63, 3.8) is 0 Å². The van der Waals surface area contributed by atoms with Gasteiger partial charge in [0.2, 0.25) is 0 Å². The number of nitrogens with one attached hydrogen (secondary N) is 1. The monoisotopic (exact) mass is 374 g/mol. The number of hydrogen-bond donors (Lipinski definition) is 1. The summed E-state index contributed by atoms with van der Waals surface area (Å²) in [4.78, 5) is 14.5. The highest BCUT2D eigenvalue weighted by molar-refractivity contribution is 9.10. The molecule has 0 atom stereocenters. The Kier molecular flexibility index (Phi) is 5.47. The highest BCUT2D eigenvalue weighted by Gasteiger charge is 2.26. The van der Waals surface area contributed by atoms with Gasteiger partial charge < -0.3 is 5.32 Å². The third-order valence-corrected chi connectivity index (χ3v) is 4.37. The molecule has 0 unspecified atom stereocenters. The Bertz CT molecular complexity index is 680. The van der Waals surface area contributed by atoms with Gasteiger partial charge in [-0.15, -0.1) is 0 Å². The molecule has 0 saturated carbocycles. The predicted molar refractivity (Wildman–Crippen MR) is 99.9 cm³/mol. The van der Waals surface area contributed by atoms with Gasteiger partial charge in [0.05, 0.1) is 5.54 Å². The zero-order chi connectivity index (χ0) is 17.0. The first kappa shape index (κ1) is 17.5. The maximum Gasteiger partial charge on any atom is 0.322 e. The quantitative estimate of drug-likeness (QED) is 0.780. The van der Waals surface area contributed by atoms with Crippen LogP contribution in [-0.4, -0.2) is 12.6 Å². The van der Waals surface area contributed by atoms with E-state index in [9.17, 15) is 4.79 Å². The lowest BCUT2D eigenvalue weighted by atomic mass is 9.94. The van der Waals surface area contributed by atoms with Crippen LogP contribution in [0.15, 0.2) is 53.0 Å². The van der Waals surface area contributed by atoms with Crippen LogP contribution in [0.25, 0.3) is 0 Å². The third kappa shape index (κ3) is 4.35. The standard InChI is InChI=1S/C19H23BrN2O/c1-5-22(17-11-9-14(2)10-12-17)18(23)21-19(3,4)15-7-6-8-16(20)13-15/h6-13H,5H2,1-4H3,(H,21,23). The lowest BCUT2D eigenvalue weighted by Crippen LogP contribution is -2.48. The van der Waals surface area contributed by atoms with Crippen molar-refractivity contribution in [1.29, 1.82) is 0 Å². The summed E-state index contributed by atoms with van der Waals surface area (Å²) in [6.07, 6.45) is 0. The Morgan fingerprint density at radius 2 is 1.83 bits per heavy atom. The van der Waals surface area contributed by atoms with Gasteiger partial charge in [0.25, 0.3) is 0 Å². The molecule has 0 radical (unpaired) electrons. The molecule has 0 bridgehead atoms. The second-order valence-electron chi connectivity index (χ2n) is 6.15. The fraction of sp³-hybridized carbons (Fsp3) is 0.316. The molecule has 0 aliphatic rings. The van der Waals surface area contributed by atoms with E-state index in [0.717, 1.165) is 15.7 Å². The Morgan fingerprint density at radius 1 is 1.17 bits per heavy atom. The summed E-state index contributed by atoms with van der Waals surface area (Å²) in [5, 5.41) is 3.13. The normalized spacial score (nSPS) is 11.2. The van der Waals surface area contributed by atoms with Gasteiger partial charge in [-0.1, -0.05) is 45.8 Å². The Hall–Kier alpha value is -1.81. The number of urea groups is 1. The van der Waals surface area contributed by atoms with E-state index in [1.165, 1.54) is 5.56 Å². The van der Waals surface area contributed by atoms with Crippen LogP contribution < -0.4 is 10.2 Å². The highest BCUT2D eigenvalue weighted by atomic mass is 79.9. The Labute approximate surface area is 146 Å². The van der Waals surface area contributed by atoms with Gasteiger partial charge in [0.1, 0.15) is 0 Å². The van der Waals surface area contributed by atoms with Crippen molar-refractivity contribution in [3.8, 4) is 0 Å². The predicted octanol–water partition coefficient (Wildman–Crippen LogP) is 5.23. The molecule has 2 aromatic rings. The molecule has 0 saturated heterocycles. The molecular weight excluding hydrogens is 352 g/mol. The minimum Gasteiger partial charge on any atom is -0.329 e. The van der Waals surface area contributed by atoms with E-state index in [1.54, 1.807) is 4.90 Å². The fourth-order valence-electron chi connectivity index (χ4n) is 2.45. The van der Waals surface area contributed by atoms with Crippen LogP contribution in [0.1, 0.15) is 31.9 Å². The van der Waals surface area contributed by atoms with E-state index in [0.29, 0.717) is 6.54 Å². The lowest BCUT2D eigenvalue weighted by Gasteiger charge is -2.31. The SMILES string of the molecule is CCN(C(=O)NC(C)(C)c1cccc(Br)c1)c1ccc(C)cc1. The number of nitrogens with zero attached hydrogens (tertiary/aromatic N) is 1. The molecule has 2 amide bonds. The van der Waals surface area contributed by atoms with Crippen molar-refractivity contribution in [3.05, 3.63) is 64.1 Å². The van der Waals surface area contributed by atoms with Gasteiger partial charge in [-0.2, -0.15) is 0 Å². The first-order chi connectivity index (χ1) is 10.8. The van der Waals surface area contributed by atoms with E-state index < -0.39 is 5.54 Å². The molecule has 0 heterocycles. The Balaban J connectivity index is 2.20. The van der Waals surface area contributed by atoms with Crippen LogP contribution >= 0.6 is 15.9 Å². The molecule has 0 aliphatic heterocycles. The summed E-state index contributed by atoms with van der Waals surface area (Å²) in [6.45, 7) is 8.65. The van der Waals surface area contributed by atoms with Crippen LogP contribution in [0, 0.1) is 6.92 Å². The van der Waals surface area contributed by atoms with E-state index in [-0.39, 0.29) is 6.03 Å². The van der Waals surface area contributed by atoms with Gasteiger partial charge in [0.15, 0.2) is 0 Å². The highest BCUT2D eigenvalue weighted by Crippen LogP contribution is 2.24. The molecule has 23 heavy (non-hydrogen) atoms. The second kappa shape index (κ2) is 7.18. The molecule has 2 rings (SSSR count). The molecule has 0 fully saturated rings. The van der Waals surface area contributed by atoms with Crippen LogP contribution in [0.3, 0.4) is 0 Å². The molecule has 0 aromatic heterocycles. The average molecular weight is 375 g/mol. The van der Waals surface area contributed by atoms with E-state index in [2.05, 4.69) is 21.2 Å². The number of anilines is 1. The van der Waals surface area contributed by atoms with Crippen LogP contribution in [0.4, 0.5) is 10.5 Å². The number of amides is 2. The maximum absolute atomic E-state index is 12.7. The summed E-state index contributed by atoms with van der Waals surface area (Å²) >= 11 is 3.48. The number of halogens is 1. The topological polar surface area (TPSA) is 32.3 Å². The molecule has 122 valence electrons. The summed E-state index contributed by atoms with van der Waals surface area (Å²) in [5.74, 6) is 0. The number of carbonyl (C=O) groups excluding carboxylic acids is 1. The molecule has 4 heteroatoms. The number of rotatable bonds is 4. The van der Waals surface area contributed by atoms with Gasteiger partial charge in [-0.3, -0.25) is 4.90 Å². The fourth-order valence-corrected chi connectivity index (χ4v) is 2.85. The third-order valence-electron chi connectivity index (χ3n) is 3.87. The maximum atomic E-state index is 12.7. The summed E-state index contributed by atoms with van der Waals surface area (Å²) in [6, 6.07) is 15.9. The molecular formula is C19H23BrN2O. The molecule has 0 spiro atoms. The van der Waals surface area contributed by atoms with Gasteiger partial charge in [-0.25, -0.2) is 4.79 Å². The average Bonchev–Trinajstić information content (AvgIpc) is 2.49. The lowest BCUT2D eigenvalue weighted by molar-refractivity contribution is 0.236. The minimum atomic E-state index is -0.459. The number of carbonyl (C=O) groups is 1. The van der Waals surface area contributed by atoms with Crippen LogP contribution in [0.5, 0.6) is 0 Å². The molecule has 0 aliphatic carbocycles. The molecule has 2 aromatic carbocycles. The van der Waals surface area contributed by atoms with Crippen molar-refractivity contribution in [1.82, 2.24) is 5.32 Å². The van der Waals surface area contributed by atoms with Gasteiger partial charge in [0, 0.05) is 16.7 Å². The van der Waals surface area contributed by atoms with Crippen molar-refractivity contribution in [2.45, 2.75) is 33.2 Å². The van der Waals surface area contributed by atoms with Crippen molar-refractivity contribution in [2.24, 2.45) is 0 Å². The van der Waals surface area contributed by atoms with E-state index in [4.69, 9.17) is 0 Å². The first-order valence-electron chi connectivity index (χ1n) is 7.76.